The number of alkyl halides is 3. The summed E-state index contributed by atoms with van der Waals surface area (Å²) in [7, 11) is 4.95. The van der Waals surface area contributed by atoms with Gasteiger partial charge in [0.15, 0.2) is 0 Å². The molecule has 0 aliphatic heterocycles. The van der Waals surface area contributed by atoms with Crippen molar-refractivity contribution in [3.8, 4) is 0 Å². The lowest BCUT2D eigenvalue weighted by molar-refractivity contribution is -0.131. The molecule has 0 saturated carbocycles. The monoisotopic (exact) mass is 170 g/mol. The van der Waals surface area contributed by atoms with Crippen molar-refractivity contribution in [1.29, 1.82) is 0 Å². The predicted molar refractivity (Wildman–Crippen MR) is 41.0 cm³/mol. The van der Waals surface area contributed by atoms with Gasteiger partial charge in [-0.15, -0.1) is 0 Å². The van der Waals surface area contributed by atoms with Crippen LogP contribution in [0.5, 0.6) is 0 Å². The Bertz CT molecular complexity index is 242. The Morgan fingerprint density at radius 1 is 1.08 bits per heavy atom. The van der Waals surface area contributed by atoms with Crippen LogP contribution in [-0.4, -0.2) is 14.0 Å². The fourth-order valence-corrected chi connectivity index (χ4v) is 0.849. The van der Waals surface area contributed by atoms with E-state index in [4.69, 9.17) is 7.85 Å². The van der Waals surface area contributed by atoms with E-state index in [1.807, 2.05) is 0 Å². The van der Waals surface area contributed by atoms with Crippen LogP contribution in [0.1, 0.15) is 11.4 Å². The van der Waals surface area contributed by atoms with Crippen molar-refractivity contribution >= 4 is 7.85 Å². The molecule has 0 bridgehead atoms. The van der Waals surface area contributed by atoms with Crippen molar-refractivity contribution in [3.05, 3.63) is 35.9 Å². The van der Waals surface area contributed by atoms with Crippen molar-refractivity contribution in [3.63, 3.8) is 0 Å². The minimum atomic E-state index is -4.36. The van der Waals surface area contributed by atoms with Gasteiger partial charge in [-0.05, 0) is 5.56 Å². The Labute approximate surface area is 69.8 Å². The maximum Gasteiger partial charge on any atom is 0.388 e. The lowest BCUT2D eigenvalue weighted by atomic mass is 9.80. The van der Waals surface area contributed by atoms with E-state index in [0.29, 0.717) is 0 Å². The van der Waals surface area contributed by atoms with Gasteiger partial charge in [-0.2, -0.15) is 13.2 Å². The van der Waals surface area contributed by atoms with E-state index in [1.165, 1.54) is 24.3 Å². The molecule has 1 aromatic carbocycles. The summed E-state index contributed by atoms with van der Waals surface area (Å²) < 4.78 is 36.0. The van der Waals surface area contributed by atoms with Crippen molar-refractivity contribution < 1.29 is 13.2 Å². The maximum absolute atomic E-state index is 12.0. The van der Waals surface area contributed by atoms with Gasteiger partial charge in [0.05, 0.1) is 7.85 Å². The van der Waals surface area contributed by atoms with Crippen LogP contribution in [0.15, 0.2) is 30.3 Å². The summed E-state index contributed by atoms with van der Waals surface area (Å²) in [4.78, 5) is 0. The number of rotatable bonds is 1. The summed E-state index contributed by atoms with van der Waals surface area (Å²) in [5.41, 5.74) is 0.0880. The van der Waals surface area contributed by atoms with Gasteiger partial charge in [0, 0.05) is 5.82 Å². The zero-order valence-electron chi connectivity index (χ0n) is 6.18. The molecule has 62 valence electrons. The largest absolute Gasteiger partial charge is 0.388 e. The average molecular weight is 170 g/mol. The molecule has 0 saturated heterocycles. The van der Waals surface area contributed by atoms with Crippen molar-refractivity contribution in [1.82, 2.24) is 0 Å². The third kappa shape index (κ3) is 2.03. The van der Waals surface area contributed by atoms with Crippen LogP contribution in [0.3, 0.4) is 0 Å². The Hall–Kier alpha value is -0.925. The van der Waals surface area contributed by atoms with Crippen LogP contribution >= 0.6 is 0 Å². The molecule has 1 unspecified atom stereocenters. The highest BCUT2D eigenvalue weighted by Gasteiger charge is 2.35. The summed E-state index contributed by atoms with van der Waals surface area (Å²) in [6.45, 7) is 0. The van der Waals surface area contributed by atoms with E-state index in [1.54, 1.807) is 6.07 Å². The lowest BCUT2D eigenvalue weighted by Gasteiger charge is -2.15. The molecule has 4 heteroatoms. The van der Waals surface area contributed by atoms with Gasteiger partial charge in [-0.1, -0.05) is 30.3 Å². The topological polar surface area (TPSA) is 0 Å². The highest BCUT2D eigenvalue weighted by Crippen LogP contribution is 2.31. The Morgan fingerprint density at radius 3 is 2.00 bits per heavy atom. The van der Waals surface area contributed by atoms with E-state index in [9.17, 15) is 13.2 Å². The molecule has 12 heavy (non-hydrogen) atoms. The van der Waals surface area contributed by atoms with Gasteiger partial charge in [-0.3, -0.25) is 0 Å². The van der Waals surface area contributed by atoms with Gasteiger partial charge < -0.3 is 0 Å². The first-order valence-corrected chi connectivity index (χ1v) is 3.39. The van der Waals surface area contributed by atoms with E-state index >= 15 is 0 Å². The fourth-order valence-electron chi connectivity index (χ4n) is 0.849. The third-order valence-corrected chi connectivity index (χ3v) is 1.51. The van der Waals surface area contributed by atoms with Gasteiger partial charge in [-0.25, -0.2) is 0 Å². The van der Waals surface area contributed by atoms with Crippen LogP contribution in [0.4, 0.5) is 13.2 Å². The molecule has 1 aromatic rings. The van der Waals surface area contributed by atoms with E-state index < -0.39 is 12.0 Å². The second-order valence-corrected chi connectivity index (χ2v) is 2.43. The molecule has 0 aliphatic rings. The molecular weight excluding hydrogens is 164 g/mol. The van der Waals surface area contributed by atoms with Crippen LogP contribution in [0.25, 0.3) is 0 Å². The zero-order chi connectivity index (χ0) is 9.19. The van der Waals surface area contributed by atoms with Gasteiger partial charge >= 0.3 is 6.18 Å². The number of benzene rings is 1. The molecule has 0 fully saturated rings. The fraction of sp³-hybridized carbons (Fsp3) is 0.250. The lowest BCUT2D eigenvalue weighted by Crippen LogP contribution is -2.20. The number of hydrogen-bond acceptors (Lipinski definition) is 0. The van der Waals surface area contributed by atoms with E-state index in [-0.39, 0.29) is 5.56 Å². The Morgan fingerprint density at radius 2 is 1.58 bits per heavy atom. The molecule has 2 radical (unpaired) electrons. The second kappa shape index (κ2) is 3.21. The van der Waals surface area contributed by atoms with Crippen LogP contribution < -0.4 is 0 Å². The van der Waals surface area contributed by atoms with Crippen molar-refractivity contribution in [2.45, 2.75) is 12.0 Å². The number of halogens is 3. The van der Waals surface area contributed by atoms with Gasteiger partial charge in [0.2, 0.25) is 0 Å². The first-order valence-electron chi connectivity index (χ1n) is 3.39. The summed E-state index contributed by atoms with van der Waals surface area (Å²) in [6.07, 6.45) is -4.36. The smallest absolute Gasteiger partial charge is 0.171 e. The molecule has 0 aliphatic carbocycles. The van der Waals surface area contributed by atoms with Crippen molar-refractivity contribution in [2.75, 3.05) is 0 Å². The minimum absolute atomic E-state index is 0.0880. The third-order valence-electron chi connectivity index (χ3n) is 1.51. The first kappa shape index (κ1) is 9.17. The van der Waals surface area contributed by atoms with Crippen LogP contribution in [0, 0.1) is 0 Å². The van der Waals surface area contributed by atoms with Crippen molar-refractivity contribution in [2.24, 2.45) is 0 Å². The standard InChI is InChI=1S/C8H6BF3/c9-7(8(10,11)12)6-4-2-1-3-5-6/h1-5,7H. The summed E-state index contributed by atoms with van der Waals surface area (Å²) >= 11 is 0. The first-order chi connectivity index (χ1) is 5.52. The SMILES string of the molecule is [B]C(c1ccccc1)C(F)(F)F. The Kier molecular flexibility index (Phi) is 2.45. The molecule has 0 nitrogen and oxygen atoms in total. The van der Waals surface area contributed by atoms with Gasteiger partial charge in [0.25, 0.3) is 0 Å². The minimum Gasteiger partial charge on any atom is -0.171 e. The molecular formula is C8H6BF3. The average Bonchev–Trinajstić information content (AvgIpc) is 2.03. The molecule has 0 N–H and O–H groups in total. The Balaban J connectivity index is 2.86. The highest BCUT2D eigenvalue weighted by atomic mass is 19.4. The second-order valence-electron chi connectivity index (χ2n) is 2.43. The molecule has 0 heterocycles. The van der Waals surface area contributed by atoms with Gasteiger partial charge in [0.1, 0.15) is 0 Å². The molecule has 0 amide bonds. The quantitative estimate of drug-likeness (QED) is 0.567. The maximum atomic E-state index is 12.0. The molecule has 1 atom stereocenters. The molecule has 0 spiro atoms. The predicted octanol–water partition coefficient (Wildman–Crippen LogP) is 2.46. The normalized spacial score (nSPS) is 14.2. The molecule has 0 aromatic heterocycles. The van der Waals surface area contributed by atoms with Crippen LogP contribution in [0.2, 0.25) is 0 Å². The molecule has 1 rings (SSSR count). The summed E-state index contributed by atoms with van der Waals surface area (Å²) in [5.74, 6) is -1.88. The summed E-state index contributed by atoms with van der Waals surface area (Å²) in [6, 6.07) is 7.42. The highest BCUT2D eigenvalue weighted by molar-refractivity contribution is 6.13. The number of hydrogen-bond donors (Lipinski definition) is 0. The van der Waals surface area contributed by atoms with E-state index in [0.717, 1.165) is 0 Å². The zero-order valence-corrected chi connectivity index (χ0v) is 6.18. The van der Waals surface area contributed by atoms with E-state index in [2.05, 4.69) is 0 Å². The van der Waals surface area contributed by atoms with Crippen LogP contribution in [-0.2, 0) is 0 Å². The summed E-state index contributed by atoms with van der Waals surface area (Å²) in [5, 5.41) is 0.